The standard InChI is InChI=1S/C25H37N3O3/c1-21(2)26-19-23(29)20-31-25-12-7-6-11-24(25)30-18-8-13-27-14-16-28(17-15-27)22-9-4-3-5-10-22/h3-7,9-12,21,23,26,29H,8,13-20H2,1-2H3/t23-/m0/s1. The van der Waals surface area contributed by atoms with Crippen LogP contribution in [0.1, 0.15) is 20.3 Å². The second kappa shape index (κ2) is 12.5. The molecule has 6 nitrogen and oxygen atoms in total. The first-order valence-corrected chi connectivity index (χ1v) is 11.4. The van der Waals surface area contributed by atoms with Gasteiger partial charge in [-0.3, -0.25) is 4.90 Å². The number of para-hydroxylation sites is 3. The topological polar surface area (TPSA) is 57.2 Å². The second-order valence-corrected chi connectivity index (χ2v) is 8.34. The third kappa shape index (κ3) is 8.05. The fourth-order valence-electron chi connectivity index (χ4n) is 3.64. The van der Waals surface area contributed by atoms with E-state index >= 15 is 0 Å². The van der Waals surface area contributed by atoms with Gasteiger partial charge in [-0.1, -0.05) is 44.2 Å². The van der Waals surface area contributed by atoms with E-state index in [0.29, 0.717) is 24.9 Å². The Kier molecular flexibility index (Phi) is 9.46. The summed E-state index contributed by atoms with van der Waals surface area (Å²) in [4.78, 5) is 4.95. The van der Waals surface area contributed by atoms with Crippen LogP contribution in [-0.2, 0) is 0 Å². The van der Waals surface area contributed by atoms with Crippen molar-refractivity contribution in [2.75, 3.05) is 57.4 Å². The largest absolute Gasteiger partial charge is 0.490 e. The van der Waals surface area contributed by atoms with Crippen molar-refractivity contribution in [3.05, 3.63) is 54.6 Å². The Morgan fingerprint density at radius 2 is 1.55 bits per heavy atom. The summed E-state index contributed by atoms with van der Waals surface area (Å²) in [6, 6.07) is 18.7. The number of piperazine rings is 1. The fourth-order valence-corrected chi connectivity index (χ4v) is 3.64. The third-order valence-electron chi connectivity index (χ3n) is 5.41. The maximum Gasteiger partial charge on any atom is 0.161 e. The SMILES string of the molecule is CC(C)NC[C@H](O)COc1ccccc1OCCCN1CCN(c2ccccc2)CC1. The summed E-state index contributed by atoms with van der Waals surface area (Å²) >= 11 is 0. The van der Waals surface area contributed by atoms with Crippen LogP contribution in [-0.4, -0.2) is 74.6 Å². The molecule has 0 radical (unpaired) electrons. The molecule has 1 fully saturated rings. The number of anilines is 1. The fraction of sp³-hybridized carbons (Fsp3) is 0.520. The van der Waals surface area contributed by atoms with Gasteiger partial charge >= 0.3 is 0 Å². The molecule has 2 aromatic rings. The van der Waals surface area contributed by atoms with Gasteiger partial charge in [0.2, 0.25) is 0 Å². The highest BCUT2D eigenvalue weighted by atomic mass is 16.5. The predicted octanol–water partition coefficient (Wildman–Crippen LogP) is 3.02. The summed E-state index contributed by atoms with van der Waals surface area (Å²) in [6.07, 6.45) is 0.422. The van der Waals surface area contributed by atoms with Crippen LogP contribution >= 0.6 is 0 Å². The molecule has 31 heavy (non-hydrogen) atoms. The molecule has 0 amide bonds. The Labute approximate surface area is 186 Å². The van der Waals surface area contributed by atoms with Crippen molar-refractivity contribution in [1.82, 2.24) is 10.2 Å². The van der Waals surface area contributed by atoms with Crippen molar-refractivity contribution < 1.29 is 14.6 Å². The summed E-state index contributed by atoms with van der Waals surface area (Å²) in [5.41, 5.74) is 1.31. The molecule has 2 aromatic carbocycles. The molecular weight excluding hydrogens is 390 g/mol. The van der Waals surface area contributed by atoms with Gasteiger partial charge in [0.15, 0.2) is 11.5 Å². The molecule has 0 unspecified atom stereocenters. The lowest BCUT2D eigenvalue weighted by atomic mass is 10.2. The smallest absolute Gasteiger partial charge is 0.161 e. The number of aliphatic hydroxyl groups is 1. The molecule has 0 spiro atoms. The highest BCUT2D eigenvalue weighted by Gasteiger charge is 2.16. The first-order chi connectivity index (χ1) is 15.1. The number of hydrogen-bond donors (Lipinski definition) is 2. The Morgan fingerprint density at radius 3 is 2.23 bits per heavy atom. The number of ether oxygens (including phenoxy) is 2. The molecule has 1 saturated heterocycles. The van der Waals surface area contributed by atoms with Crippen molar-refractivity contribution >= 4 is 5.69 Å². The van der Waals surface area contributed by atoms with E-state index in [1.807, 2.05) is 24.3 Å². The maximum absolute atomic E-state index is 10.1. The Balaban J connectivity index is 1.35. The van der Waals surface area contributed by atoms with Gasteiger partial charge in [0.25, 0.3) is 0 Å². The average molecular weight is 428 g/mol. The molecule has 2 N–H and O–H groups in total. The van der Waals surface area contributed by atoms with Crippen LogP contribution in [0.4, 0.5) is 5.69 Å². The molecule has 170 valence electrons. The van der Waals surface area contributed by atoms with Crippen molar-refractivity contribution in [3.63, 3.8) is 0 Å². The Hall–Kier alpha value is -2.28. The predicted molar refractivity (Wildman–Crippen MR) is 126 cm³/mol. The lowest BCUT2D eigenvalue weighted by Crippen LogP contribution is -2.46. The monoisotopic (exact) mass is 427 g/mol. The van der Waals surface area contributed by atoms with Crippen LogP contribution in [0, 0.1) is 0 Å². The number of rotatable bonds is 12. The number of hydrogen-bond acceptors (Lipinski definition) is 6. The number of nitrogens with one attached hydrogen (secondary N) is 1. The van der Waals surface area contributed by atoms with E-state index in [-0.39, 0.29) is 6.61 Å². The van der Waals surface area contributed by atoms with Gasteiger partial charge in [0, 0.05) is 51.0 Å². The zero-order valence-corrected chi connectivity index (χ0v) is 18.9. The molecular formula is C25H37N3O3. The van der Waals surface area contributed by atoms with Crippen LogP contribution in [0.15, 0.2) is 54.6 Å². The summed E-state index contributed by atoms with van der Waals surface area (Å²) in [5, 5.41) is 13.3. The second-order valence-electron chi connectivity index (χ2n) is 8.34. The minimum atomic E-state index is -0.551. The zero-order chi connectivity index (χ0) is 21.9. The molecule has 1 aliphatic heterocycles. The number of benzene rings is 2. The van der Waals surface area contributed by atoms with Crippen LogP contribution < -0.4 is 19.7 Å². The van der Waals surface area contributed by atoms with Gasteiger partial charge in [0.05, 0.1) is 6.61 Å². The summed E-state index contributed by atoms with van der Waals surface area (Å²) in [5.74, 6) is 1.42. The molecule has 0 aliphatic carbocycles. The van der Waals surface area contributed by atoms with Gasteiger partial charge in [-0.2, -0.15) is 0 Å². The molecule has 0 saturated carbocycles. The summed E-state index contributed by atoms with van der Waals surface area (Å²) < 4.78 is 11.8. The van der Waals surface area contributed by atoms with Gasteiger partial charge in [-0.25, -0.2) is 0 Å². The zero-order valence-electron chi connectivity index (χ0n) is 18.9. The number of nitrogens with zero attached hydrogens (tertiary/aromatic N) is 2. The minimum Gasteiger partial charge on any atom is -0.490 e. The summed E-state index contributed by atoms with van der Waals surface area (Å²) in [7, 11) is 0. The van der Waals surface area contributed by atoms with Gasteiger partial charge in [-0.05, 0) is 30.7 Å². The van der Waals surface area contributed by atoms with E-state index in [4.69, 9.17) is 9.47 Å². The van der Waals surface area contributed by atoms with Crippen molar-refractivity contribution in [2.24, 2.45) is 0 Å². The normalized spacial score (nSPS) is 15.8. The Bertz CT molecular complexity index is 749. The van der Waals surface area contributed by atoms with Crippen molar-refractivity contribution in [1.29, 1.82) is 0 Å². The molecule has 0 bridgehead atoms. The lowest BCUT2D eigenvalue weighted by molar-refractivity contribution is 0.102. The van der Waals surface area contributed by atoms with E-state index in [1.54, 1.807) is 0 Å². The van der Waals surface area contributed by atoms with Crippen molar-refractivity contribution in [3.8, 4) is 11.5 Å². The Morgan fingerprint density at radius 1 is 0.903 bits per heavy atom. The van der Waals surface area contributed by atoms with Gasteiger partial charge < -0.3 is 24.8 Å². The van der Waals surface area contributed by atoms with E-state index in [0.717, 1.165) is 44.9 Å². The van der Waals surface area contributed by atoms with Crippen molar-refractivity contribution in [2.45, 2.75) is 32.4 Å². The number of aliphatic hydroxyl groups excluding tert-OH is 1. The van der Waals surface area contributed by atoms with E-state index < -0.39 is 6.10 Å². The third-order valence-corrected chi connectivity index (χ3v) is 5.41. The summed E-state index contributed by atoms with van der Waals surface area (Å²) in [6.45, 7) is 10.8. The quantitative estimate of drug-likeness (QED) is 0.508. The first kappa shape index (κ1) is 23.4. The van der Waals surface area contributed by atoms with Crippen LogP contribution in [0.3, 0.4) is 0 Å². The lowest BCUT2D eigenvalue weighted by Gasteiger charge is -2.36. The van der Waals surface area contributed by atoms with Crippen LogP contribution in [0.2, 0.25) is 0 Å². The van der Waals surface area contributed by atoms with Gasteiger partial charge in [-0.15, -0.1) is 0 Å². The molecule has 0 aromatic heterocycles. The molecule has 1 heterocycles. The maximum atomic E-state index is 10.1. The van der Waals surface area contributed by atoms with E-state index in [1.165, 1.54) is 5.69 Å². The molecule has 6 heteroatoms. The van der Waals surface area contributed by atoms with E-state index in [2.05, 4.69) is 59.3 Å². The minimum absolute atomic E-state index is 0.242. The van der Waals surface area contributed by atoms with Crippen LogP contribution in [0.5, 0.6) is 11.5 Å². The van der Waals surface area contributed by atoms with Crippen LogP contribution in [0.25, 0.3) is 0 Å². The molecule has 1 atom stereocenters. The highest BCUT2D eigenvalue weighted by molar-refractivity contribution is 5.46. The van der Waals surface area contributed by atoms with Gasteiger partial charge in [0.1, 0.15) is 12.7 Å². The average Bonchev–Trinajstić information content (AvgIpc) is 2.80. The molecule has 3 rings (SSSR count). The van der Waals surface area contributed by atoms with E-state index in [9.17, 15) is 5.11 Å². The highest BCUT2D eigenvalue weighted by Crippen LogP contribution is 2.26. The molecule has 1 aliphatic rings. The first-order valence-electron chi connectivity index (χ1n) is 11.4.